The van der Waals surface area contributed by atoms with E-state index in [-0.39, 0.29) is 48.0 Å². The first-order valence-electron chi connectivity index (χ1n) is 9.62. The van der Waals surface area contributed by atoms with Crippen molar-refractivity contribution in [3.8, 4) is 5.75 Å². The van der Waals surface area contributed by atoms with Crippen molar-refractivity contribution < 1.29 is 33.3 Å². The largest absolute Gasteiger partial charge is 0.493 e. The molecule has 0 saturated heterocycles. The molecule has 0 bridgehead atoms. The number of hydrogen-bond acceptors (Lipinski definition) is 8. The van der Waals surface area contributed by atoms with Crippen molar-refractivity contribution in [3.05, 3.63) is 33.6 Å². The van der Waals surface area contributed by atoms with Gasteiger partial charge in [0.2, 0.25) is 0 Å². The predicted molar refractivity (Wildman–Crippen MR) is 116 cm³/mol. The maximum absolute atomic E-state index is 12.8. The lowest BCUT2D eigenvalue weighted by Gasteiger charge is -2.14. The van der Waals surface area contributed by atoms with Gasteiger partial charge >= 0.3 is 17.9 Å². The molecular formula is C21H21BrN2O7. The molecule has 0 fully saturated rings. The lowest BCUT2D eigenvalue weighted by molar-refractivity contribution is 0.0508. The maximum Gasteiger partial charge on any atom is 0.356 e. The molecule has 1 aromatic carbocycles. The van der Waals surface area contributed by atoms with E-state index in [2.05, 4.69) is 25.9 Å². The van der Waals surface area contributed by atoms with E-state index >= 15 is 0 Å². The molecule has 0 aliphatic rings. The predicted octanol–water partition coefficient (Wildman–Crippen LogP) is 4.02. The number of esters is 3. The fraction of sp³-hybridized carbons (Fsp3) is 0.333. The summed E-state index contributed by atoms with van der Waals surface area (Å²) < 4.78 is 21.3. The van der Waals surface area contributed by atoms with E-state index < -0.39 is 17.9 Å². The van der Waals surface area contributed by atoms with Crippen LogP contribution in [0.1, 0.15) is 52.1 Å². The number of carbonyl (C=O) groups excluding carboxylic acids is 3. The van der Waals surface area contributed by atoms with Crippen LogP contribution in [0.2, 0.25) is 0 Å². The molecule has 0 aliphatic heterocycles. The van der Waals surface area contributed by atoms with Gasteiger partial charge in [0, 0.05) is 10.8 Å². The van der Waals surface area contributed by atoms with Crippen molar-refractivity contribution in [1.82, 2.24) is 9.97 Å². The highest BCUT2D eigenvalue weighted by atomic mass is 79.9. The molecule has 0 radical (unpaired) electrons. The van der Waals surface area contributed by atoms with Gasteiger partial charge < -0.3 is 23.9 Å². The summed E-state index contributed by atoms with van der Waals surface area (Å²) in [5.74, 6) is -1.61. The van der Waals surface area contributed by atoms with Gasteiger partial charge in [-0.15, -0.1) is 0 Å². The van der Waals surface area contributed by atoms with Crippen molar-refractivity contribution in [2.75, 3.05) is 26.9 Å². The minimum Gasteiger partial charge on any atom is -0.493 e. The Kier molecular flexibility index (Phi) is 6.79. The number of methoxy groups -OCH3 is 1. The van der Waals surface area contributed by atoms with Crippen molar-refractivity contribution in [3.63, 3.8) is 0 Å². The first-order chi connectivity index (χ1) is 14.9. The highest BCUT2D eigenvalue weighted by molar-refractivity contribution is 9.10. The second-order valence-electron chi connectivity index (χ2n) is 6.26. The average Bonchev–Trinajstić information content (AvgIpc) is 3.20. The van der Waals surface area contributed by atoms with Gasteiger partial charge in [0.05, 0.1) is 42.5 Å². The number of hydrogen-bond donors (Lipinski definition) is 1. The normalized spacial score (nSPS) is 10.9. The van der Waals surface area contributed by atoms with E-state index in [0.717, 1.165) is 0 Å². The van der Waals surface area contributed by atoms with Crippen LogP contribution in [0.25, 0.3) is 21.8 Å². The third kappa shape index (κ3) is 4.07. The number of H-pyrrole nitrogens is 1. The Bertz CT molecular complexity index is 1190. The summed E-state index contributed by atoms with van der Waals surface area (Å²) in [7, 11) is 1.44. The summed E-state index contributed by atoms with van der Waals surface area (Å²) in [5, 5.41) is 0.917. The molecule has 2 aromatic heterocycles. The van der Waals surface area contributed by atoms with Gasteiger partial charge in [0.1, 0.15) is 16.9 Å². The molecule has 3 aromatic rings. The number of halogens is 1. The molecule has 0 spiro atoms. The van der Waals surface area contributed by atoms with Crippen molar-refractivity contribution >= 4 is 55.6 Å². The number of benzene rings is 1. The summed E-state index contributed by atoms with van der Waals surface area (Å²) >= 11 is 3.48. The molecule has 31 heavy (non-hydrogen) atoms. The molecule has 0 unspecified atom stereocenters. The van der Waals surface area contributed by atoms with Crippen LogP contribution in [0, 0.1) is 0 Å². The smallest absolute Gasteiger partial charge is 0.356 e. The Labute approximate surface area is 186 Å². The van der Waals surface area contributed by atoms with E-state index in [1.807, 2.05) is 0 Å². The SMILES string of the molecule is CCOC(=O)c1cc(C(=O)OCC)c2c(n1)c(OC)c(Br)c1cc(C(=O)OCC)[nH]c12. The van der Waals surface area contributed by atoms with E-state index in [9.17, 15) is 14.4 Å². The first kappa shape index (κ1) is 22.5. The van der Waals surface area contributed by atoms with E-state index in [4.69, 9.17) is 18.9 Å². The number of nitrogens with one attached hydrogen (secondary N) is 1. The fourth-order valence-corrected chi connectivity index (χ4v) is 3.86. The minimum atomic E-state index is -0.688. The number of pyridine rings is 1. The Morgan fingerprint density at radius 3 is 2.19 bits per heavy atom. The molecule has 0 atom stereocenters. The molecule has 1 N–H and O–H groups in total. The van der Waals surface area contributed by atoms with Gasteiger partial charge in [-0.25, -0.2) is 19.4 Å². The van der Waals surface area contributed by atoms with Crippen LogP contribution in [0.4, 0.5) is 0 Å². The first-order valence-corrected chi connectivity index (χ1v) is 10.4. The number of carbonyl (C=O) groups is 3. The van der Waals surface area contributed by atoms with Crippen molar-refractivity contribution in [1.29, 1.82) is 0 Å². The third-order valence-corrected chi connectivity index (χ3v) is 5.20. The Morgan fingerprint density at radius 2 is 1.58 bits per heavy atom. The second kappa shape index (κ2) is 9.34. The number of nitrogens with zero attached hydrogens (tertiary/aromatic N) is 1. The standard InChI is InChI=1S/C21H21BrN2O7/c1-5-29-19(25)10-8-12(20(26)30-6-2)24-17-14(10)16-11(15(22)18(17)28-4)9-13(23-16)21(27)31-7-3/h8-9,23H,5-7H2,1-4H3. The van der Waals surface area contributed by atoms with Gasteiger partial charge in [0.25, 0.3) is 0 Å². The van der Waals surface area contributed by atoms with Crippen LogP contribution in [0.15, 0.2) is 16.6 Å². The molecule has 0 aliphatic carbocycles. The molecule has 10 heteroatoms. The topological polar surface area (TPSA) is 117 Å². The van der Waals surface area contributed by atoms with Gasteiger partial charge in [0.15, 0.2) is 5.75 Å². The lowest BCUT2D eigenvalue weighted by Crippen LogP contribution is -2.12. The number of aromatic amines is 1. The minimum absolute atomic E-state index is 0.0703. The molecule has 164 valence electrons. The van der Waals surface area contributed by atoms with Crippen LogP contribution in [-0.2, 0) is 14.2 Å². The van der Waals surface area contributed by atoms with Crippen molar-refractivity contribution in [2.24, 2.45) is 0 Å². The number of fused-ring (bicyclic) bond motifs is 3. The molecule has 0 amide bonds. The molecule has 0 saturated carbocycles. The van der Waals surface area contributed by atoms with E-state index in [0.29, 0.717) is 20.8 Å². The fourth-order valence-electron chi connectivity index (χ4n) is 3.20. The summed E-state index contributed by atoms with van der Waals surface area (Å²) in [6.45, 7) is 5.53. The average molecular weight is 493 g/mol. The zero-order valence-electron chi connectivity index (χ0n) is 17.5. The van der Waals surface area contributed by atoms with E-state index in [1.54, 1.807) is 26.8 Å². The van der Waals surface area contributed by atoms with E-state index in [1.165, 1.54) is 13.2 Å². The Hall–Kier alpha value is -3.14. The van der Waals surface area contributed by atoms with Crippen LogP contribution in [-0.4, -0.2) is 54.8 Å². The highest BCUT2D eigenvalue weighted by Gasteiger charge is 2.26. The number of aromatic nitrogens is 2. The number of rotatable bonds is 7. The van der Waals surface area contributed by atoms with Crippen molar-refractivity contribution in [2.45, 2.75) is 20.8 Å². The van der Waals surface area contributed by atoms with Crippen LogP contribution in [0.3, 0.4) is 0 Å². The van der Waals surface area contributed by atoms with Gasteiger partial charge in [-0.1, -0.05) is 0 Å². The Morgan fingerprint density at radius 1 is 0.968 bits per heavy atom. The zero-order valence-corrected chi connectivity index (χ0v) is 19.0. The summed E-state index contributed by atoms with van der Waals surface area (Å²) in [6.07, 6.45) is 0. The molecule has 9 nitrogen and oxygen atoms in total. The molecular weight excluding hydrogens is 472 g/mol. The summed E-state index contributed by atoms with van der Waals surface area (Å²) in [5.41, 5.74) is 0.878. The second-order valence-corrected chi connectivity index (χ2v) is 7.05. The number of ether oxygens (including phenoxy) is 4. The summed E-state index contributed by atoms with van der Waals surface area (Å²) in [6, 6.07) is 2.91. The molecule has 3 rings (SSSR count). The lowest BCUT2D eigenvalue weighted by atomic mass is 10.0. The quantitative estimate of drug-likeness (QED) is 0.388. The molecule has 2 heterocycles. The van der Waals surface area contributed by atoms with Crippen LogP contribution in [0.5, 0.6) is 5.75 Å². The third-order valence-electron chi connectivity index (χ3n) is 4.42. The zero-order chi connectivity index (χ0) is 22.7. The van der Waals surface area contributed by atoms with Crippen LogP contribution >= 0.6 is 15.9 Å². The highest BCUT2D eigenvalue weighted by Crippen LogP contribution is 2.42. The van der Waals surface area contributed by atoms with Crippen LogP contribution < -0.4 is 4.74 Å². The monoisotopic (exact) mass is 492 g/mol. The van der Waals surface area contributed by atoms with Gasteiger partial charge in [-0.05, 0) is 48.8 Å². The Balaban J connectivity index is 2.45. The summed E-state index contributed by atoms with van der Waals surface area (Å²) in [4.78, 5) is 44.9. The maximum atomic E-state index is 12.8. The van der Waals surface area contributed by atoms with Gasteiger partial charge in [-0.2, -0.15) is 0 Å². The van der Waals surface area contributed by atoms with Gasteiger partial charge in [-0.3, -0.25) is 0 Å².